The Morgan fingerprint density at radius 2 is 2.20 bits per heavy atom. The third kappa shape index (κ3) is 2.53. The van der Waals surface area contributed by atoms with Crippen LogP contribution >= 0.6 is 11.8 Å². The fraction of sp³-hybridized carbons (Fsp3) is 0.154. The number of hydrogen-bond donors (Lipinski definition) is 1. The molecule has 0 radical (unpaired) electrons. The molecule has 6 nitrogen and oxygen atoms in total. The lowest BCUT2D eigenvalue weighted by Crippen LogP contribution is -2.16. The van der Waals surface area contributed by atoms with E-state index < -0.39 is 11.5 Å². The molecule has 2 aromatic heterocycles. The van der Waals surface area contributed by atoms with Gasteiger partial charge in [-0.2, -0.15) is 0 Å². The molecule has 0 aliphatic rings. The molecule has 0 aliphatic heterocycles. The highest BCUT2D eigenvalue weighted by atomic mass is 32.2. The first kappa shape index (κ1) is 14.1. The molecule has 0 bridgehead atoms. The van der Waals surface area contributed by atoms with Crippen LogP contribution in [0.15, 0.2) is 40.2 Å². The van der Waals surface area contributed by atoms with Crippen molar-refractivity contribution in [2.24, 2.45) is 4.99 Å². The second-order valence-corrected chi connectivity index (χ2v) is 4.55. The third-order valence-electron chi connectivity index (χ3n) is 2.65. The Bertz CT molecular complexity index is 746. The van der Waals surface area contributed by atoms with Crippen molar-refractivity contribution in [3.63, 3.8) is 0 Å². The van der Waals surface area contributed by atoms with E-state index in [0.29, 0.717) is 5.52 Å². The highest BCUT2D eigenvalue weighted by Crippen LogP contribution is 2.17. The number of thioether (sulfide) groups is 1. The monoisotopic (exact) mass is 292 g/mol. The lowest BCUT2D eigenvalue weighted by molar-refractivity contribution is 0.0698. The molecule has 2 aromatic rings. The van der Waals surface area contributed by atoms with Crippen LogP contribution in [0.2, 0.25) is 0 Å². The standard InChI is InChI=1S/C13H12N2O4S/c1-19-13(20-2)14-9-7-8(12(17)18)10-5-3-4-6-15(10)11(9)16/h3-7H,1-2H3,(H,17,18). The molecule has 1 N–H and O–H groups in total. The summed E-state index contributed by atoms with van der Waals surface area (Å²) in [5, 5.41) is 9.53. The van der Waals surface area contributed by atoms with Gasteiger partial charge in [0, 0.05) is 6.20 Å². The molecule has 0 amide bonds. The van der Waals surface area contributed by atoms with Crippen LogP contribution in [0, 0.1) is 0 Å². The van der Waals surface area contributed by atoms with Crippen molar-refractivity contribution in [2.75, 3.05) is 13.4 Å². The summed E-state index contributed by atoms with van der Waals surface area (Å²) in [7, 11) is 1.44. The molecule has 0 aliphatic carbocycles. The van der Waals surface area contributed by atoms with Crippen LogP contribution in [0.25, 0.3) is 5.52 Å². The molecular weight excluding hydrogens is 280 g/mol. The molecular formula is C13H12N2O4S. The normalized spacial score (nSPS) is 11.6. The minimum Gasteiger partial charge on any atom is -0.478 e. The van der Waals surface area contributed by atoms with Gasteiger partial charge in [-0.3, -0.25) is 9.20 Å². The topological polar surface area (TPSA) is 80.4 Å². The zero-order valence-electron chi connectivity index (χ0n) is 10.9. The number of carbonyl (C=O) groups is 1. The summed E-state index contributed by atoms with van der Waals surface area (Å²) in [4.78, 5) is 27.6. The minimum atomic E-state index is -1.12. The van der Waals surface area contributed by atoms with E-state index in [1.165, 1.54) is 35.5 Å². The maximum atomic E-state index is 12.3. The predicted molar refractivity (Wildman–Crippen MR) is 78.2 cm³/mol. The number of methoxy groups -OCH3 is 1. The molecule has 0 saturated carbocycles. The van der Waals surface area contributed by atoms with Gasteiger partial charge in [0.25, 0.3) is 10.8 Å². The van der Waals surface area contributed by atoms with Crippen molar-refractivity contribution < 1.29 is 14.6 Å². The van der Waals surface area contributed by atoms with Gasteiger partial charge in [-0.25, -0.2) is 9.79 Å². The molecule has 2 rings (SSSR count). The summed E-state index contributed by atoms with van der Waals surface area (Å²) in [6.45, 7) is 0. The molecule has 0 fully saturated rings. The highest BCUT2D eigenvalue weighted by Gasteiger charge is 2.14. The largest absolute Gasteiger partial charge is 0.478 e. The molecule has 0 aromatic carbocycles. The second-order valence-electron chi connectivity index (χ2n) is 3.80. The van der Waals surface area contributed by atoms with Crippen LogP contribution in [0.1, 0.15) is 10.4 Å². The number of aromatic nitrogens is 1. The van der Waals surface area contributed by atoms with E-state index in [2.05, 4.69) is 4.99 Å². The first-order chi connectivity index (χ1) is 9.58. The van der Waals surface area contributed by atoms with Crippen molar-refractivity contribution in [1.82, 2.24) is 4.40 Å². The summed E-state index contributed by atoms with van der Waals surface area (Å²) in [6.07, 6.45) is 3.26. The number of rotatable bonds is 2. The van der Waals surface area contributed by atoms with Gasteiger partial charge in [0.1, 0.15) is 5.69 Å². The molecule has 0 atom stereocenters. The van der Waals surface area contributed by atoms with Crippen LogP contribution in [0.4, 0.5) is 5.69 Å². The van der Waals surface area contributed by atoms with Crippen molar-refractivity contribution >= 4 is 34.2 Å². The maximum absolute atomic E-state index is 12.3. The van der Waals surface area contributed by atoms with Gasteiger partial charge in [0.2, 0.25) is 0 Å². The van der Waals surface area contributed by atoms with E-state index in [-0.39, 0.29) is 16.5 Å². The Balaban J connectivity index is 2.81. The number of pyridine rings is 2. The molecule has 0 saturated heterocycles. The van der Waals surface area contributed by atoms with Gasteiger partial charge >= 0.3 is 5.97 Å². The molecule has 2 heterocycles. The Morgan fingerprint density at radius 1 is 1.45 bits per heavy atom. The Hall–Kier alpha value is -2.28. The number of aliphatic imine (C=N–C) groups is 1. The zero-order chi connectivity index (χ0) is 14.7. The average molecular weight is 292 g/mol. The van der Waals surface area contributed by atoms with Crippen molar-refractivity contribution in [1.29, 1.82) is 0 Å². The van der Waals surface area contributed by atoms with Gasteiger partial charge < -0.3 is 9.84 Å². The van der Waals surface area contributed by atoms with E-state index >= 15 is 0 Å². The molecule has 0 spiro atoms. The summed E-state index contributed by atoms with van der Waals surface area (Å²) < 4.78 is 6.25. The van der Waals surface area contributed by atoms with Crippen molar-refractivity contribution in [3.8, 4) is 0 Å². The summed E-state index contributed by atoms with van der Waals surface area (Å²) in [5.41, 5.74) is -0.0286. The van der Waals surface area contributed by atoms with E-state index in [9.17, 15) is 14.7 Å². The number of nitrogens with zero attached hydrogens (tertiary/aromatic N) is 2. The quantitative estimate of drug-likeness (QED) is 0.676. The van der Waals surface area contributed by atoms with Crippen LogP contribution in [-0.2, 0) is 4.74 Å². The lowest BCUT2D eigenvalue weighted by Gasteiger charge is -2.06. The molecule has 0 unspecified atom stereocenters. The van der Waals surface area contributed by atoms with E-state index in [1.54, 1.807) is 24.5 Å². The van der Waals surface area contributed by atoms with E-state index in [4.69, 9.17) is 4.74 Å². The SMILES string of the molecule is COC(=Nc1cc(C(=O)O)c2ccccn2c1=O)SC. The van der Waals surface area contributed by atoms with E-state index in [0.717, 1.165) is 0 Å². The fourth-order valence-corrected chi connectivity index (χ4v) is 2.12. The summed E-state index contributed by atoms with van der Waals surface area (Å²) >= 11 is 1.23. The van der Waals surface area contributed by atoms with Crippen LogP contribution in [-0.4, -0.2) is 34.1 Å². The van der Waals surface area contributed by atoms with Crippen LogP contribution in [0.3, 0.4) is 0 Å². The zero-order valence-corrected chi connectivity index (χ0v) is 11.7. The van der Waals surface area contributed by atoms with Gasteiger partial charge in [0.05, 0.1) is 18.2 Å². The molecule has 7 heteroatoms. The van der Waals surface area contributed by atoms with Crippen LogP contribution < -0.4 is 5.56 Å². The van der Waals surface area contributed by atoms with Crippen molar-refractivity contribution in [3.05, 3.63) is 46.4 Å². The average Bonchev–Trinajstić information content (AvgIpc) is 2.46. The first-order valence-corrected chi connectivity index (χ1v) is 6.85. The van der Waals surface area contributed by atoms with Crippen molar-refractivity contribution in [2.45, 2.75) is 0 Å². The number of ether oxygens (including phenoxy) is 1. The third-order valence-corrected chi connectivity index (χ3v) is 3.25. The highest BCUT2D eigenvalue weighted by molar-refractivity contribution is 8.12. The number of carboxylic acids is 1. The lowest BCUT2D eigenvalue weighted by atomic mass is 10.2. The van der Waals surface area contributed by atoms with E-state index in [1.807, 2.05) is 0 Å². The smallest absolute Gasteiger partial charge is 0.337 e. The fourth-order valence-electron chi connectivity index (χ4n) is 1.76. The number of fused-ring (bicyclic) bond motifs is 1. The number of aromatic carboxylic acids is 1. The molecule has 20 heavy (non-hydrogen) atoms. The van der Waals surface area contributed by atoms with Gasteiger partial charge in [-0.15, -0.1) is 0 Å². The number of hydrogen-bond acceptors (Lipinski definition) is 5. The van der Waals surface area contributed by atoms with Gasteiger partial charge in [-0.05, 0) is 24.5 Å². The Morgan fingerprint density at radius 3 is 2.80 bits per heavy atom. The van der Waals surface area contributed by atoms with Gasteiger partial charge in [0.15, 0.2) is 0 Å². The second kappa shape index (κ2) is 5.79. The predicted octanol–water partition coefficient (Wildman–Crippen LogP) is 1.99. The maximum Gasteiger partial charge on any atom is 0.337 e. The summed E-state index contributed by atoms with van der Waals surface area (Å²) in [6, 6.07) is 6.16. The summed E-state index contributed by atoms with van der Waals surface area (Å²) in [5.74, 6) is -1.12. The van der Waals surface area contributed by atoms with Gasteiger partial charge in [-0.1, -0.05) is 17.8 Å². The first-order valence-electron chi connectivity index (χ1n) is 5.63. The number of carboxylic acid groups (broad SMARTS) is 1. The minimum absolute atomic E-state index is 0.0144. The Kier molecular flexibility index (Phi) is 4.09. The van der Waals surface area contributed by atoms with Crippen LogP contribution in [0.5, 0.6) is 0 Å². The molecule has 104 valence electrons. The Labute approximate surface area is 118 Å².